The zero-order valence-electron chi connectivity index (χ0n) is 29.2. The maximum absolute atomic E-state index is 11.1. The van der Waals surface area contributed by atoms with E-state index < -0.39 is 187 Å². The van der Waals surface area contributed by atoms with Crippen molar-refractivity contribution in [2.45, 2.75) is 154 Å². The lowest BCUT2D eigenvalue weighted by molar-refractivity contribution is -0.392. The lowest BCUT2D eigenvalue weighted by atomic mass is 9.95. The molecular formula is C30H52O26. The Labute approximate surface area is 316 Å². The lowest BCUT2D eigenvalue weighted by Crippen LogP contribution is -2.68. The molecule has 0 aliphatic carbocycles. The van der Waals surface area contributed by atoms with Gasteiger partial charge in [-0.05, 0) is 0 Å². The van der Waals surface area contributed by atoms with Gasteiger partial charge in [0.15, 0.2) is 31.5 Å². The van der Waals surface area contributed by atoms with Gasteiger partial charge in [0.25, 0.3) is 0 Å². The van der Waals surface area contributed by atoms with E-state index in [1.807, 2.05) is 0 Å². The van der Waals surface area contributed by atoms with Gasteiger partial charge in [-0.15, -0.1) is 0 Å². The first kappa shape index (κ1) is 46.0. The number of rotatable bonds is 13. The van der Waals surface area contributed by atoms with Gasteiger partial charge >= 0.3 is 0 Å². The first-order valence-electron chi connectivity index (χ1n) is 17.6. The van der Waals surface area contributed by atoms with Gasteiger partial charge in [-0.3, -0.25) is 0 Å². The molecule has 0 radical (unpaired) electrons. The van der Waals surface area contributed by atoms with Crippen LogP contribution in [0.1, 0.15) is 0 Å². The van der Waals surface area contributed by atoms with E-state index in [1.54, 1.807) is 0 Å². The quantitative estimate of drug-likeness (QED) is 0.0819. The Hall–Kier alpha value is -1.04. The van der Waals surface area contributed by atoms with Crippen LogP contribution in [-0.2, 0) is 42.6 Å². The highest BCUT2D eigenvalue weighted by molar-refractivity contribution is 4.99. The number of aliphatic hydroxyl groups is 17. The van der Waals surface area contributed by atoms with E-state index in [4.69, 9.17) is 42.6 Å². The fourth-order valence-corrected chi connectivity index (χ4v) is 7.03. The molecule has 5 heterocycles. The number of aliphatic hydroxyl groups excluding tert-OH is 17. The minimum absolute atomic E-state index is 0.811. The average Bonchev–Trinajstić information content (AvgIpc) is 3.19. The summed E-state index contributed by atoms with van der Waals surface area (Å²) in [7, 11) is 0. The Kier molecular flexibility index (Phi) is 16.1. The molecule has 5 aliphatic rings. The molecule has 5 aliphatic heterocycles. The summed E-state index contributed by atoms with van der Waals surface area (Å²) in [6.45, 7) is -4.51. The van der Waals surface area contributed by atoms with Crippen molar-refractivity contribution in [3.8, 4) is 0 Å². The molecule has 0 aromatic rings. The van der Waals surface area contributed by atoms with Crippen LogP contribution in [-0.4, -0.2) is 273 Å². The maximum Gasteiger partial charge on any atom is 0.187 e. The third kappa shape index (κ3) is 9.16. The fourth-order valence-electron chi connectivity index (χ4n) is 7.03. The van der Waals surface area contributed by atoms with E-state index in [0.717, 1.165) is 0 Å². The highest BCUT2D eigenvalue weighted by Gasteiger charge is 2.56. The van der Waals surface area contributed by atoms with Crippen molar-refractivity contribution in [3.05, 3.63) is 0 Å². The molecule has 56 heavy (non-hydrogen) atoms. The summed E-state index contributed by atoms with van der Waals surface area (Å²) in [6, 6.07) is 0. The van der Waals surface area contributed by atoms with Crippen molar-refractivity contribution in [3.63, 3.8) is 0 Å². The van der Waals surface area contributed by atoms with Gasteiger partial charge < -0.3 is 129 Å². The van der Waals surface area contributed by atoms with Crippen LogP contribution >= 0.6 is 0 Å². The normalized spacial score (nSPS) is 53.2. The second kappa shape index (κ2) is 19.6. The van der Waals surface area contributed by atoms with Crippen LogP contribution in [0.5, 0.6) is 0 Å². The molecule has 5 fully saturated rings. The average molecular weight is 829 g/mol. The molecular weight excluding hydrogens is 776 g/mol. The molecule has 0 aromatic carbocycles. The third-order valence-corrected chi connectivity index (χ3v) is 10.3. The molecule has 11 unspecified atom stereocenters. The van der Waals surface area contributed by atoms with Crippen LogP contribution in [0.3, 0.4) is 0 Å². The van der Waals surface area contributed by atoms with E-state index in [9.17, 15) is 86.8 Å². The first-order valence-corrected chi connectivity index (χ1v) is 17.6. The molecule has 5 saturated heterocycles. The molecule has 328 valence electrons. The van der Waals surface area contributed by atoms with E-state index in [-0.39, 0.29) is 0 Å². The van der Waals surface area contributed by atoms with Crippen LogP contribution in [0.25, 0.3) is 0 Å². The molecule has 0 amide bonds. The van der Waals surface area contributed by atoms with Crippen molar-refractivity contribution >= 4 is 0 Å². The predicted octanol–water partition coefficient (Wildman–Crippen LogP) is -11.9. The van der Waals surface area contributed by atoms with E-state index in [2.05, 4.69) is 0 Å². The third-order valence-electron chi connectivity index (χ3n) is 10.3. The van der Waals surface area contributed by atoms with E-state index in [0.29, 0.717) is 0 Å². The van der Waals surface area contributed by atoms with Crippen LogP contribution in [0, 0.1) is 0 Å². The van der Waals surface area contributed by atoms with Crippen LogP contribution in [0.2, 0.25) is 0 Å². The van der Waals surface area contributed by atoms with Crippen LogP contribution < -0.4 is 0 Å². The summed E-state index contributed by atoms with van der Waals surface area (Å²) in [5.74, 6) is 0. The second-order valence-electron chi connectivity index (χ2n) is 13.9. The maximum atomic E-state index is 11.1. The minimum atomic E-state index is -2.12. The molecule has 17 N–H and O–H groups in total. The van der Waals surface area contributed by atoms with Crippen molar-refractivity contribution in [1.29, 1.82) is 0 Å². The number of hydrogen-bond acceptors (Lipinski definition) is 26. The largest absolute Gasteiger partial charge is 0.394 e. The van der Waals surface area contributed by atoms with Gasteiger partial charge in [0.1, 0.15) is 122 Å². The SMILES string of the molecule is OCC1O[C@@H](O[C@@H]2C(CO)O[C@@H](O[C@@H]3C(CO)O[C@@H](O[C@@H]4C(CO)O[C@@H](O[C@@H]5C(CO)OC(O)[C@@H](O)C5O)[C@@H](O)C4O)[C@@H](O)C3O)[C@@H](O)C2O)[C@@H](O)C(O)[C@@H]1O. The van der Waals surface area contributed by atoms with E-state index >= 15 is 0 Å². The van der Waals surface area contributed by atoms with Gasteiger partial charge in [-0.2, -0.15) is 0 Å². The summed E-state index contributed by atoms with van der Waals surface area (Å²) in [6.07, 6.45) is -45.8. The first-order chi connectivity index (χ1) is 26.5. The monoisotopic (exact) mass is 828 g/mol. The van der Waals surface area contributed by atoms with Gasteiger partial charge in [-0.25, -0.2) is 0 Å². The molecule has 25 atom stereocenters. The second-order valence-corrected chi connectivity index (χ2v) is 13.9. The van der Waals surface area contributed by atoms with Crippen molar-refractivity contribution < 1.29 is 129 Å². The highest BCUT2D eigenvalue weighted by atomic mass is 16.8. The van der Waals surface area contributed by atoms with Crippen molar-refractivity contribution in [1.82, 2.24) is 0 Å². The summed E-state index contributed by atoms with van der Waals surface area (Å²) < 4.78 is 49.1. The molecule has 26 heteroatoms. The molecule has 0 aromatic heterocycles. The Morgan fingerprint density at radius 2 is 0.518 bits per heavy atom. The van der Waals surface area contributed by atoms with Gasteiger partial charge in [0.2, 0.25) is 0 Å². The summed E-state index contributed by atoms with van der Waals surface area (Å²) >= 11 is 0. The van der Waals surface area contributed by atoms with Crippen LogP contribution in [0.4, 0.5) is 0 Å². The summed E-state index contributed by atoms with van der Waals surface area (Å²) in [5, 5.41) is 176. The summed E-state index contributed by atoms with van der Waals surface area (Å²) in [5.41, 5.74) is 0. The fraction of sp³-hybridized carbons (Fsp3) is 1.00. The van der Waals surface area contributed by atoms with Crippen molar-refractivity contribution in [2.24, 2.45) is 0 Å². The molecule has 0 bridgehead atoms. The highest BCUT2D eigenvalue weighted by Crippen LogP contribution is 2.35. The molecule has 5 rings (SSSR count). The van der Waals surface area contributed by atoms with Crippen molar-refractivity contribution in [2.75, 3.05) is 33.0 Å². The molecule has 26 nitrogen and oxygen atoms in total. The Balaban J connectivity index is 1.22. The standard InChI is InChI=1S/C30H52O26/c31-1-6-11(36)12(37)18(43)27(49-6)54-23-8(3-33)51-29(20(45)14(23)39)56-25-10(5-35)52-30(21(46)16(25)41)55-24-9(4-34)50-28(19(44)15(24)40)53-22-7(2-32)48-26(47)17(42)13(22)38/h6-47H,1-5H2/t6?,7?,8?,9?,10?,11-,12?,13?,14?,15?,16?,17+,18+,19+,20+,21+,22-,23-,24-,25-,26?,27+,28+,29+,30+/m1/s1. The van der Waals surface area contributed by atoms with E-state index in [1.165, 1.54) is 0 Å². The summed E-state index contributed by atoms with van der Waals surface area (Å²) in [4.78, 5) is 0. The number of ether oxygens (including phenoxy) is 9. The minimum Gasteiger partial charge on any atom is -0.394 e. The Morgan fingerprint density at radius 3 is 0.821 bits per heavy atom. The topological polar surface area (TPSA) is 427 Å². The Morgan fingerprint density at radius 1 is 0.268 bits per heavy atom. The number of hydrogen-bond donors (Lipinski definition) is 17. The van der Waals surface area contributed by atoms with Crippen LogP contribution in [0.15, 0.2) is 0 Å². The Bertz CT molecular complexity index is 1200. The zero-order valence-corrected chi connectivity index (χ0v) is 29.2. The predicted molar refractivity (Wildman–Crippen MR) is 167 cm³/mol. The zero-order chi connectivity index (χ0) is 41.3. The molecule has 0 spiro atoms. The van der Waals surface area contributed by atoms with Gasteiger partial charge in [0.05, 0.1) is 33.0 Å². The molecule has 0 saturated carbocycles. The lowest BCUT2D eigenvalue weighted by Gasteiger charge is -2.49. The smallest absolute Gasteiger partial charge is 0.187 e. The van der Waals surface area contributed by atoms with Gasteiger partial charge in [-0.1, -0.05) is 0 Å². The van der Waals surface area contributed by atoms with Gasteiger partial charge in [0, 0.05) is 0 Å².